The first-order valence-electron chi connectivity index (χ1n) is 11.9. The molecule has 0 unspecified atom stereocenters. The van der Waals surface area contributed by atoms with Crippen LogP contribution in [0, 0.1) is 0 Å². The number of unbranched alkanes of at least 4 members (excludes halogenated alkanes) is 2. The van der Waals surface area contributed by atoms with Crippen LogP contribution in [0.5, 0.6) is 0 Å². The van der Waals surface area contributed by atoms with Gasteiger partial charge in [0.1, 0.15) is 0 Å². The Kier molecular flexibility index (Phi) is 18.8. The average molecular weight is 505 g/mol. The Balaban J connectivity index is 4.15. The fraction of sp³-hybridized carbons (Fsp3) is 0.739. The van der Waals surface area contributed by atoms with Crippen molar-refractivity contribution >= 4 is 19.6 Å². The highest BCUT2D eigenvalue weighted by Crippen LogP contribution is 2.50. The van der Waals surface area contributed by atoms with Crippen LogP contribution < -0.4 is 10.6 Å². The minimum atomic E-state index is -3.66. The van der Waals surface area contributed by atoms with Gasteiger partial charge in [-0.15, -0.1) is 0 Å². The molecule has 0 atom stereocenters. The van der Waals surface area contributed by atoms with Crippen molar-refractivity contribution in [1.29, 1.82) is 0 Å². The first-order valence-corrected chi connectivity index (χ1v) is 13.3. The van der Waals surface area contributed by atoms with Crippen LogP contribution >= 0.6 is 7.82 Å². The normalized spacial score (nSPS) is 11.7. The maximum absolute atomic E-state index is 13.0. The lowest BCUT2D eigenvalue weighted by atomic mass is 10.3. The van der Waals surface area contributed by atoms with Gasteiger partial charge in [0.25, 0.3) is 0 Å². The van der Waals surface area contributed by atoms with E-state index >= 15 is 0 Å². The van der Waals surface area contributed by atoms with Crippen molar-refractivity contribution in [1.82, 2.24) is 20.4 Å². The molecular weight excluding hydrogens is 459 g/mol. The minimum absolute atomic E-state index is 0.164. The Bertz CT molecular complexity index is 601. The Labute approximate surface area is 205 Å². The number of nitrogens with one attached hydrogen (secondary N) is 2. The van der Waals surface area contributed by atoms with Crippen LogP contribution in [0.2, 0.25) is 0 Å². The summed E-state index contributed by atoms with van der Waals surface area (Å²) in [7, 11) is 0.256. The number of carbonyl (C=O) groups is 2. The zero-order valence-corrected chi connectivity index (χ0v) is 22.3. The molecule has 0 heterocycles. The molecule has 0 radical (unpaired) electrons. The molecule has 0 aromatic heterocycles. The smallest absolute Gasteiger partial charge is 0.353 e. The zero-order chi connectivity index (χ0) is 25.8. The van der Waals surface area contributed by atoms with Gasteiger partial charge in [-0.3, -0.25) is 23.2 Å². The molecule has 0 saturated carbocycles. The summed E-state index contributed by atoms with van der Waals surface area (Å²) >= 11 is 0. The Hall–Kier alpha value is -1.55. The van der Waals surface area contributed by atoms with Gasteiger partial charge in [0.15, 0.2) is 0 Å². The fourth-order valence-corrected chi connectivity index (χ4v) is 4.10. The molecule has 0 fully saturated rings. The van der Waals surface area contributed by atoms with Gasteiger partial charge >= 0.3 is 7.82 Å². The molecule has 0 aliphatic rings. The highest BCUT2D eigenvalue weighted by atomic mass is 31.2. The summed E-state index contributed by atoms with van der Waals surface area (Å²) in [6.07, 6.45) is 5.78. The molecule has 0 aromatic carbocycles. The lowest BCUT2D eigenvalue weighted by Gasteiger charge is -2.23. The average Bonchev–Trinajstić information content (AvgIpc) is 2.77. The second kappa shape index (κ2) is 19.7. The number of amides is 2. The van der Waals surface area contributed by atoms with Crippen LogP contribution in [0.3, 0.4) is 0 Å². The van der Waals surface area contributed by atoms with Gasteiger partial charge in [0, 0.05) is 26.2 Å². The monoisotopic (exact) mass is 504 g/mol. The molecule has 198 valence electrons. The number of likely N-dealkylation sites (N-methyl/N-ethyl adjacent to an activating group) is 2. The first kappa shape index (κ1) is 32.5. The molecule has 0 aliphatic carbocycles. The molecule has 34 heavy (non-hydrogen) atoms. The van der Waals surface area contributed by atoms with E-state index in [9.17, 15) is 14.2 Å². The molecule has 2 N–H and O–H groups in total. The van der Waals surface area contributed by atoms with E-state index in [1.807, 2.05) is 14.1 Å². The minimum Gasteiger partial charge on any atom is -0.353 e. The van der Waals surface area contributed by atoms with E-state index in [0.29, 0.717) is 26.2 Å². The summed E-state index contributed by atoms with van der Waals surface area (Å²) in [5.74, 6) is -0.328. The highest BCUT2D eigenvalue weighted by Gasteiger charge is 2.28. The number of hydrogen-bond acceptors (Lipinski definition) is 8. The lowest BCUT2D eigenvalue weighted by Crippen LogP contribution is -2.27. The summed E-state index contributed by atoms with van der Waals surface area (Å²) in [6.45, 7) is 14.9. The third-order valence-electron chi connectivity index (χ3n) is 4.69. The second-order valence-corrected chi connectivity index (χ2v) is 9.90. The predicted octanol–water partition coefficient (Wildman–Crippen LogP) is 2.58. The van der Waals surface area contributed by atoms with E-state index in [1.54, 1.807) is 13.8 Å². The molecule has 0 aromatic rings. The SMILES string of the molecule is C=CC(=O)NCCCCN(C)CCOP(=O)(OCCN(C)CCCCNC(=O)C=C)OC(C)C. The Morgan fingerprint density at radius 3 is 1.59 bits per heavy atom. The number of hydrogen-bond donors (Lipinski definition) is 2. The van der Waals surface area contributed by atoms with Gasteiger partial charge in [-0.2, -0.15) is 0 Å². The van der Waals surface area contributed by atoms with Gasteiger partial charge in [0.2, 0.25) is 11.8 Å². The van der Waals surface area contributed by atoms with Crippen LogP contribution in [0.25, 0.3) is 0 Å². The largest absolute Gasteiger partial charge is 0.475 e. The van der Waals surface area contributed by atoms with E-state index in [1.165, 1.54) is 12.2 Å². The summed E-state index contributed by atoms with van der Waals surface area (Å²) in [5.41, 5.74) is 0. The van der Waals surface area contributed by atoms with Gasteiger partial charge in [-0.05, 0) is 78.9 Å². The van der Waals surface area contributed by atoms with Crippen LogP contribution in [0.1, 0.15) is 39.5 Å². The van der Waals surface area contributed by atoms with Crippen molar-refractivity contribution in [2.24, 2.45) is 0 Å². The fourth-order valence-electron chi connectivity index (χ4n) is 2.78. The van der Waals surface area contributed by atoms with Crippen LogP contribution in [-0.2, 0) is 27.7 Å². The van der Waals surface area contributed by atoms with Crippen LogP contribution in [0.4, 0.5) is 0 Å². The van der Waals surface area contributed by atoms with Crippen molar-refractivity contribution in [2.75, 3.05) is 66.6 Å². The predicted molar refractivity (Wildman–Crippen MR) is 136 cm³/mol. The summed E-state index contributed by atoms with van der Waals surface area (Å²) < 4.78 is 29.5. The van der Waals surface area contributed by atoms with Crippen molar-refractivity contribution in [3.8, 4) is 0 Å². The van der Waals surface area contributed by atoms with Crippen LogP contribution in [-0.4, -0.2) is 94.3 Å². The van der Waals surface area contributed by atoms with Gasteiger partial charge in [-0.1, -0.05) is 13.2 Å². The third-order valence-corrected chi connectivity index (χ3v) is 6.36. The number of rotatable bonds is 22. The lowest BCUT2D eigenvalue weighted by molar-refractivity contribution is -0.117. The first-order chi connectivity index (χ1) is 16.1. The molecule has 0 bridgehead atoms. The molecule has 0 saturated heterocycles. The highest BCUT2D eigenvalue weighted by molar-refractivity contribution is 7.48. The van der Waals surface area contributed by atoms with Gasteiger partial charge < -0.3 is 20.4 Å². The molecular formula is C23H45N4O6P. The summed E-state index contributed by atoms with van der Waals surface area (Å²) in [5, 5.41) is 5.49. The number of phosphoric ester groups is 1. The van der Waals surface area contributed by atoms with E-state index in [-0.39, 0.29) is 31.1 Å². The Morgan fingerprint density at radius 1 is 0.824 bits per heavy atom. The maximum Gasteiger partial charge on any atom is 0.475 e. The van der Waals surface area contributed by atoms with Gasteiger partial charge in [-0.25, -0.2) is 4.57 Å². The zero-order valence-electron chi connectivity index (χ0n) is 21.4. The van der Waals surface area contributed by atoms with E-state index < -0.39 is 7.82 Å². The summed E-state index contributed by atoms with van der Waals surface area (Å²) in [6, 6.07) is 0. The number of carbonyl (C=O) groups excluding carboxylic acids is 2. The number of nitrogens with zero attached hydrogens (tertiary/aromatic N) is 2. The van der Waals surface area contributed by atoms with Crippen molar-refractivity contribution in [2.45, 2.75) is 45.6 Å². The second-order valence-electron chi connectivity index (χ2n) is 8.28. The maximum atomic E-state index is 13.0. The van der Waals surface area contributed by atoms with Gasteiger partial charge in [0.05, 0.1) is 19.3 Å². The molecule has 2 amide bonds. The molecule has 11 heteroatoms. The topological polar surface area (TPSA) is 109 Å². The van der Waals surface area contributed by atoms with Crippen molar-refractivity contribution in [3.05, 3.63) is 25.3 Å². The van der Waals surface area contributed by atoms with Crippen molar-refractivity contribution < 1.29 is 27.7 Å². The molecule has 0 rings (SSSR count). The quantitative estimate of drug-likeness (QED) is 0.132. The van der Waals surface area contributed by atoms with Crippen LogP contribution in [0.15, 0.2) is 25.3 Å². The van der Waals surface area contributed by atoms with E-state index in [2.05, 4.69) is 33.6 Å². The molecule has 0 aliphatic heterocycles. The standard InChI is InChI=1S/C23H45N4O6P/c1-7-22(28)24-13-9-11-15-26(5)17-19-31-34(30,33-21(3)4)32-20-18-27(6)16-12-10-14-25-23(29)8-2/h7-8,21H,1-2,9-20H2,3-6H3,(H,24,28)(H,25,29). The molecule has 0 spiro atoms. The third kappa shape index (κ3) is 18.8. The van der Waals surface area contributed by atoms with E-state index in [0.717, 1.165) is 38.8 Å². The number of phosphoric acid groups is 1. The molecule has 10 nitrogen and oxygen atoms in total. The van der Waals surface area contributed by atoms with E-state index in [4.69, 9.17) is 13.6 Å². The van der Waals surface area contributed by atoms with Crippen molar-refractivity contribution in [3.63, 3.8) is 0 Å². The Morgan fingerprint density at radius 2 is 1.24 bits per heavy atom. The summed E-state index contributed by atoms with van der Waals surface area (Å²) in [4.78, 5) is 26.4.